The van der Waals surface area contributed by atoms with Gasteiger partial charge in [0.15, 0.2) is 29.6 Å². The Balaban J connectivity index is 1.53. The van der Waals surface area contributed by atoms with E-state index in [1.54, 1.807) is 18.2 Å². The monoisotopic (exact) mass is 479 g/mol. The van der Waals surface area contributed by atoms with E-state index < -0.39 is 18.5 Å². The third-order valence-corrected chi connectivity index (χ3v) is 4.77. The minimum Gasteiger partial charge on any atom is -0.493 e. The number of amides is 1. The Morgan fingerprint density at radius 1 is 1.17 bits per heavy atom. The molecule has 1 amide bonds. The Kier molecular flexibility index (Phi) is 7.40. The molecule has 2 aromatic carbocycles. The number of esters is 1. The summed E-state index contributed by atoms with van der Waals surface area (Å²) < 4.78 is 27.2. The summed E-state index contributed by atoms with van der Waals surface area (Å²) in [6.45, 7) is 2.56. The van der Waals surface area contributed by atoms with Gasteiger partial charge in [-0.15, -0.1) is 0 Å². The van der Waals surface area contributed by atoms with Gasteiger partial charge in [-0.3, -0.25) is 4.79 Å². The van der Waals surface area contributed by atoms with Gasteiger partial charge in [0.1, 0.15) is 0 Å². The summed E-state index contributed by atoms with van der Waals surface area (Å²) in [6.07, 6.45) is 0.834. The third kappa shape index (κ3) is 5.35. The van der Waals surface area contributed by atoms with E-state index in [-0.39, 0.29) is 18.9 Å². The number of hydrogen-bond donors (Lipinski definition) is 1. The number of nitrogens with one attached hydrogen (secondary N) is 1. The highest BCUT2D eigenvalue weighted by Crippen LogP contribution is 2.37. The number of methoxy groups -OCH3 is 1. The molecule has 0 aliphatic carbocycles. The Bertz CT molecular complexity index is 932. The molecule has 2 aromatic rings. The van der Waals surface area contributed by atoms with Crippen molar-refractivity contribution in [1.29, 1.82) is 0 Å². The Labute approximate surface area is 182 Å². The molecule has 0 fully saturated rings. The van der Waals surface area contributed by atoms with Gasteiger partial charge in [-0.25, -0.2) is 4.79 Å². The van der Waals surface area contributed by atoms with Gasteiger partial charge in [-0.2, -0.15) is 0 Å². The van der Waals surface area contributed by atoms with E-state index >= 15 is 0 Å². The highest BCUT2D eigenvalue weighted by molar-refractivity contribution is 9.10. The molecule has 0 unspecified atom stereocenters. The van der Waals surface area contributed by atoms with Crippen LogP contribution < -0.4 is 24.3 Å². The summed E-state index contributed by atoms with van der Waals surface area (Å²) in [5.74, 6) is 1.16. The number of rotatable bonds is 9. The van der Waals surface area contributed by atoms with Gasteiger partial charge in [0.2, 0.25) is 6.79 Å². The fourth-order valence-corrected chi connectivity index (χ4v) is 3.26. The number of halogens is 1. The van der Waals surface area contributed by atoms with Gasteiger partial charge in [0, 0.05) is 6.54 Å². The number of hydrogen-bond acceptors (Lipinski definition) is 7. The molecule has 0 atom stereocenters. The van der Waals surface area contributed by atoms with Crippen LogP contribution in [0.5, 0.6) is 23.0 Å². The molecule has 0 aromatic heterocycles. The number of ether oxygens (including phenoxy) is 5. The smallest absolute Gasteiger partial charge is 0.338 e. The van der Waals surface area contributed by atoms with Crippen LogP contribution in [0.25, 0.3) is 0 Å². The molecule has 0 saturated carbocycles. The quantitative estimate of drug-likeness (QED) is 0.550. The molecule has 160 valence electrons. The topological polar surface area (TPSA) is 92.3 Å². The first-order valence-electron chi connectivity index (χ1n) is 9.34. The number of benzene rings is 2. The van der Waals surface area contributed by atoms with Crippen molar-refractivity contribution >= 4 is 27.8 Å². The lowest BCUT2D eigenvalue weighted by molar-refractivity contribution is -0.124. The van der Waals surface area contributed by atoms with Crippen molar-refractivity contribution in [2.75, 3.05) is 27.1 Å². The van der Waals surface area contributed by atoms with E-state index in [0.29, 0.717) is 34.1 Å². The van der Waals surface area contributed by atoms with Crippen molar-refractivity contribution in [3.63, 3.8) is 0 Å². The van der Waals surface area contributed by atoms with Gasteiger partial charge in [0.05, 0.1) is 23.8 Å². The molecule has 0 bridgehead atoms. The minimum absolute atomic E-state index is 0.188. The van der Waals surface area contributed by atoms with E-state index in [0.717, 1.165) is 12.0 Å². The fraction of sp³-hybridized carbons (Fsp3) is 0.333. The predicted molar refractivity (Wildman–Crippen MR) is 111 cm³/mol. The predicted octanol–water partition coefficient (Wildman–Crippen LogP) is 3.45. The van der Waals surface area contributed by atoms with E-state index in [4.69, 9.17) is 23.7 Å². The lowest BCUT2D eigenvalue weighted by atomic mass is 10.2. The molecule has 8 nitrogen and oxygen atoms in total. The van der Waals surface area contributed by atoms with Crippen LogP contribution in [0, 0.1) is 0 Å². The first-order chi connectivity index (χ1) is 14.5. The van der Waals surface area contributed by atoms with Gasteiger partial charge in [-0.05, 0) is 52.2 Å². The molecular formula is C21H22BrNO7. The van der Waals surface area contributed by atoms with Gasteiger partial charge >= 0.3 is 5.97 Å². The Hall–Kier alpha value is -2.94. The first-order valence-corrected chi connectivity index (χ1v) is 10.1. The van der Waals surface area contributed by atoms with Crippen molar-refractivity contribution in [2.45, 2.75) is 19.9 Å². The largest absolute Gasteiger partial charge is 0.493 e. The summed E-state index contributed by atoms with van der Waals surface area (Å²) in [7, 11) is 1.49. The van der Waals surface area contributed by atoms with Crippen LogP contribution in [0.2, 0.25) is 0 Å². The summed E-state index contributed by atoms with van der Waals surface area (Å²) in [6, 6.07) is 8.48. The average molecular weight is 480 g/mol. The molecule has 30 heavy (non-hydrogen) atoms. The zero-order chi connectivity index (χ0) is 21.5. The van der Waals surface area contributed by atoms with Crippen LogP contribution in [0.15, 0.2) is 34.8 Å². The van der Waals surface area contributed by atoms with E-state index in [2.05, 4.69) is 21.2 Å². The summed E-state index contributed by atoms with van der Waals surface area (Å²) in [5.41, 5.74) is 1.08. The standard InChI is InChI=1S/C21H22BrNO7/c1-3-6-27-20-15(22)8-14(9-18(20)26-2)21(25)28-11-19(24)23-10-13-4-5-16-17(7-13)30-12-29-16/h4-5,7-9H,3,6,10-12H2,1-2H3,(H,23,24). The second kappa shape index (κ2) is 10.2. The van der Waals surface area contributed by atoms with Crippen molar-refractivity contribution in [2.24, 2.45) is 0 Å². The maximum Gasteiger partial charge on any atom is 0.338 e. The summed E-state index contributed by atoms with van der Waals surface area (Å²) in [5, 5.41) is 2.70. The molecule has 1 aliphatic heterocycles. The fourth-order valence-electron chi connectivity index (χ4n) is 2.70. The van der Waals surface area contributed by atoms with E-state index in [9.17, 15) is 9.59 Å². The van der Waals surface area contributed by atoms with Gasteiger partial charge in [-0.1, -0.05) is 13.0 Å². The number of fused-ring (bicyclic) bond motifs is 1. The molecule has 0 radical (unpaired) electrons. The van der Waals surface area contributed by atoms with Crippen LogP contribution in [0.4, 0.5) is 0 Å². The normalized spacial score (nSPS) is 11.7. The maximum absolute atomic E-state index is 12.3. The number of carbonyl (C=O) groups excluding carboxylic acids is 2. The highest BCUT2D eigenvalue weighted by Gasteiger charge is 2.18. The molecule has 1 N–H and O–H groups in total. The van der Waals surface area contributed by atoms with Crippen molar-refractivity contribution in [3.05, 3.63) is 45.9 Å². The lowest BCUT2D eigenvalue weighted by Gasteiger charge is -2.13. The SMILES string of the molecule is CCCOc1c(Br)cc(C(=O)OCC(=O)NCc2ccc3c(c2)OCO3)cc1OC. The average Bonchev–Trinajstić information content (AvgIpc) is 3.22. The highest BCUT2D eigenvalue weighted by atomic mass is 79.9. The zero-order valence-electron chi connectivity index (χ0n) is 16.7. The van der Waals surface area contributed by atoms with Crippen LogP contribution in [-0.4, -0.2) is 39.0 Å². The van der Waals surface area contributed by atoms with Crippen LogP contribution >= 0.6 is 15.9 Å². The lowest BCUT2D eigenvalue weighted by Crippen LogP contribution is -2.28. The molecule has 0 spiro atoms. The molecule has 9 heteroatoms. The molecule has 3 rings (SSSR count). The van der Waals surface area contributed by atoms with Gasteiger partial charge in [0.25, 0.3) is 5.91 Å². The molecule has 1 aliphatic rings. The van der Waals surface area contributed by atoms with Crippen LogP contribution in [0.1, 0.15) is 29.3 Å². The summed E-state index contributed by atoms with van der Waals surface area (Å²) >= 11 is 3.38. The van der Waals surface area contributed by atoms with Crippen LogP contribution in [-0.2, 0) is 16.1 Å². The second-order valence-corrected chi connectivity index (χ2v) is 7.23. The Morgan fingerprint density at radius 2 is 1.97 bits per heavy atom. The van der Waals surface area contributed by atoms with Crippen LogP contribution in [0.3, 0.4) is 0 Å². The van der Waals surface area contributed by atoms with Gasteiger partial charge < -0.3 is 29.0 Å². The summed E-state index contributed by atoms with van der Waals surface area (Å²) in [4.78, 5) is 24.4. The number of carbonyl (C=O) groups is 2. The first kappa shape index (κ1) is 21.8. The van der Waals surface area contributed by atoms with E-state index in [1.165, 1.54) is 13.2 Å². The zero-order valence-corrected chi connectivity index (χ0v) is 18.2. The van der Waals surface area contributed by atoms with Crippen molar-refractivity contribution < 1.29 is 33.3 Å². The third-order valence-electron chi connectivity index (χ3n) is 4.18. The minimum atomic E-state index is -0.644. The Morgan fingerprint density at radius 3 is 2.73 bits per heavy atom. The van der Waals surface area contributed by atoms with Crippen molar-refractivity contribution in [1.82, 2.24) is 5.32 Å². The van der Waals surface area contributed by atoms with E-state index in [1.807, 2.05) is 13.0 Å². The molecule has 0 saturated heterocycles. The molecular weight excluding hydrogens is 458 g/mol. The second-order valence-electron chi connectivity index (χ2n) is 6.38. The maximum atomic E-state index is 12.3. The van der Waals surface area contributed by atoms with Crippen molar-refractivity contribution in [3.8, 4) is 23.0 Å². The molecule has 1 heterocycles.